The summed E-state index contributed by atoms with van der Waals surface area (Å²) >= 11 is 0. The first kappa shape index (κ1) is 27.3. The topological polar surface area (TPSA) is 42.3 Å². The molecule has 0 aromatic heterocycles. The molecule has 0 atom stereocenters. The molecule has 2 aromatic carbocycles. The number of hydrogen-bond donors (Lipinski definition) is 0. The zero-order valence-corrected chi connectivity index (χ0v) is 17.3. The molecule has 2 aromatic rings. The summed E-state index contributed by atoms with van der Waals surface area (Å²) in [6.45, 7) is 12.1. The summed E-state index contributed by atoms with van der Waals surface area (Å²) in [4.78, 5) is 0. The van der Waals surface area contributed by atoms with Crippen molar-refractivity contribution in [3.8, 4) is 0 Å². The van der Waals surface area contributed by atoms with Crippen molar-refractivity contribution in [2.45, 2.75) is 27.7 Å². The van der Waals surface area contributed by atoms with Crippen molar-refractivity contribution in [1.82, 2.24) is 0 Å². The fourth-order valence-electron chi connectivity index (χ4n) is 1.52. The van der Waals surface area contributed by atoms with E-state index in [1.54, 1.807) is 14.1 Å². The number of hydrogen-bond acceptors (Lipinski definition) is 0. The third kappa shape index (κ3) is 19.4. The second kappa shape index (κ2) is 23.7. The van der Waals surface area contributed by atoms with Gasteiger partial charge < -0.3 is 16.0 Å². The molecular weight excluding hydrogens is 318 g/mol. The van der Waals surface area contributed by atoms with E-state index >= 15 is 0 Å². The first-order valence-electron chi connectivity index (χ1n) is 8.06. The Balaban J connectivity index is -0.000000252. The van der Waals surface area contributed by atoms with E-state index in [0.29, 0.717) is 0 Å². The van der Waals surface area contributed by atoms with Gasteiger partial charge in [0.25, 0.3) is 0 Å². The molecule has 0 aliphatic carbocycles. The molecular formula is C19H33N3Ti. The Kier molecular flexibility index (Phi) is 28.1. The largest absolute Gasteiger partial charge is 4.00 e. The van der Waals surface area contributed by atoms with Gasteiger partial charge in [-0.1, -0.05) is 33.8 Å². The van der Waals surface area contributed by atoms with Crippen LogP contribution in [-0.4, -0.2) is 40.3 Å². The van der Waals surface area contributed by atoms with Crippen LogP contribution in [0.15, 0.2) is 42.5 Å². The molecule has 0 bridgehead atoms. The van der Waals surface area contributed by atoms with Crippen LogP contribution in [0.25, 0.3) is 26.7 Å². The van der Waals surface area contributed by atoms with E-state index in [4.69, 9.17) is 0 Å². The van der Waals surface area contributed by atoms with Gasteiger partial charge in [-0.3, -0.25) is 0 Å². The van der Waals surface area contributed by atoms with Crippen LogP contribution in [0.4, 0.5) is 0 Å². The molecule has 0 heterocycles. The molecule has 0 amide bonds. The molecule has 0 fully saturated rings. The molecule has 2 rings (SSSR count). The van der Waals surface area contributed by atoms with Crippen molar-refractivity contribution in [3.63, 3.8) is 0 Å². The third-order valence-electron chi connectivity index (χ3n) is 2.44. The predicted molar refractivity (Wildman–Crippen MR) is 104 cm³/mol. The second-order valence-corrected chi connectivity index (χ2v) is 4.31. The fraction of sp³-hybridized carbons (Fsp3) is 0.526. The minimum absolute atomic E-state index is 0. The zero-order valence-electron chi connectivity index (χ0n) is 15.7. The quantitative estimate of drug-likeness (QED) is 0.481. The monoisotopic (exact) mass is 351 g/mol. The van der Waals surface area contributed by atoms with E-state index in [9.17, 15) is 0 Å². The van der Waals surface area contributed by atoms with Crippen LogP contribution in [-0.2, 0) is 21.7 Å². The van der Waals surface area contributed by atoms with Crippen molar-refractivity contribution in [2.24, 2.45) is 0 Å². The Labute approximate surface area is 158 Å². The van der Waals surface area contributed by atoms with E-state index < -0.39 is 0 Å². The van der Waals surface area contributed by atoms with E-state index in [2.05, 4.69) is 58.4 Å². The SMILES string of the molecule is CC[N-]CC.CC[N-]CC.C[N-]C.[Ti+4].c1ccc2[cH-]ccc2c1. The maximum atomic E-state index is 3.97. The summed E-state index contributed by atoms with van der Waals surface area (Å²) in [7, 11) is 3.50. The summed E-state index contributed by atoms with van der Waals surface area (Å²) in [5.74, 6) is 0. The summed E-state index contributed by atoms with van der Waals surface area (Å²) in [6.07, 6.45) is 0. The van der Waals surface area contributed by atoms with Crippen LogP contribution < -0.4 is 0 Å². The Bertz CT molecular complexity index is 375. The van der Waals surface area contributed by atoms with E-state index in [1.807, 2.05) is 27.7 Å². The number of fused-ring (bicyclic) bond motifs is 1. The molecule has 0 N–H and O–H groups in total. The molecule has 0 aliphatic heterocycles. The van der Waals surface area contributed by atoms with Gasteiger partial charge in [-0.25, -0.2) is 0 Å². The molecule has 0 radical (unpaired) electrons. The van der Waals surface area contributed by atoms with Crippen LogP contribution in [0, 0.1) is 0 Å². The van der Waals surface area contributed by atoms with Gasteiger partial charge in [-0.2, -0.15) is 57.8 Å². The van der Waals surface area contributed by atoms with E-state index in [-0.39, 0.29) is 21.7 Å². The molecule has 128 valence electrons. The predicted octanol–water partition coefficient (Wildman–Crippen LogP) is 5.98. The second-order valence-electron chi connectivity index (χ2n) is 4.31. The van der Waals surface area contributed by atoms with Crippen molar-refractivity contribution in [3.05, 3.63) is 58.4 Å². The maximum Gasteiger partial charge on any atom is 4.00 e. The number of benzene rings is 1. The number of nitrogens with zero attached hydrogens (tertiary/aromatic N) is 3. The van der Waals surface area contributed by atoms with Crippen LogP contribution in [0.5, 0.6) is 0 Å². The van der Waals surface area contributed by atoms with Gasteiger partial charge in [0.05, 0.1) is 0 Å². The Morgan fingerprint density at radius 3 is 1.57 bits per heavy atom. The first-order chi connectivity index (χ1) is 10.7. The fourth-order valence-corrected chi connectivity index (χ4v) is 1.52. The van der Waals surface area contributed by atoms with Gasteiger partial charge >= 0.3 is 21.7 Å². The third-order valence-corrected chi connectivity index (χ3v) is 2.44. The minimum Gasteiger partial charge on any atom is -0.668 e. The maximum absolute atomic E-state index is 3.97. The molecule has 4 heteroatoms. The minimum atomic E-state index is 0. The normalized spacial score (nSPS) is 8.43. The Morgan fingerprint density at radius 2 is 1.22 bits per heavy atom. The van der Waals surface area contributed by atoms with Gasteiger partial charge in [-0.15, -0.1) is 29.7 Å². The van der Waals surface area contributed by atoms with Crippen molar-refractivity contribution >= 4 is 10.8 Å². The standard InChI is InChI=1S/C9H7.2C4H10N.C2H6N.Ti/c1-2-5-9-7-3-6-8(9)4-1;2*1-3-5-4-2;1-3-2;/h1-7H;2*3-4H2,1-2H3;1-2H3;/q4*-1;+4. The van der Waals surface area contributed by atoms with Crippen molar-refractivity contribution in [1.29, 1.82) is 0 Å². The van der Waals surface area contributed by atoms with E-state index in [1.165, 1.54) is 10.8 Å². The van der Waals surface area contributed by atoms with Gasteiger partial charge in [0.15, 0.2) is 0 Å². The van der Waals surface area contributed by atoms with Gasteiger partial charge in [0, 0.05) is 0 Å². The van der Waals surface area contributed by atoms with Crippen LogP contribution in [0.2, 0.25) is 0 Å². The molecule has 0 spiro atoms. The van der Waals surface area contributed by atoms with Crippen LogP contribution >= 0.6 is 0 Å². The zero-order chi connectivity index (χ0) is 17.1. The number of rotatable bonds is 4. The summed E-state index contributed by atoms with van der Waals surface area (Å²) in [6, 6.07) is 14.7. The molecule has 0 aliphatic rings. The Morgan fingerprint density at radius 1 is 0.783 bits per heavy atom. The average molecular weight is 351 g/mol. The average Bonchev–Trinajstić information content (AvgIpc) is 2.99. The van der Waals surface area contributed by atoms with Gasteiger partial charge in [-0.05, 0) is 0 Å². The molecule has 3 nitrogen and oxygen atoms in total. The van der Waals surface area contributed by atoms with Crippen molar-refractivity contribution in [2.75, 3.05) is 40.3 Å². The Hall–Kier alpha value is -0.576. The van der Waals surface area contributed by atoms with Crippen LogP contribution in [0.1, 0.15) is 27.7 Å². The molecule has 0 unspecified atom stereocenters. The molecule has 0 saturated heterocycles. The summed E-state index contributed by atoms with van der Waals surface area (Å²) in [5, 5.41) is 14.1. The summed E-state index contributed by atoms with van der Waals surface area (Å²) in [5.41, 5.74) is 0. The van der Waals surface area contributed by atoms with Gasteiger partial charge in [0.1, 0.15) is 0 Å². The first-order valence-corrected chi connectivity index (χ1v) is 8.06. The van der Waals surface area contributed by atoms with Crippen molar-refractivity contribution < 1.29 is 21.7 Å². The molecule has 23 heavy (non-hydrogen) atoms. The van der Waals surface area contributed by atoms with Gasteiger partial charge in [0.2, 0.25) is 0 Å². The smallest absolute Gasteiger partial charge is 0.668 e. The summed E-state index contributed by atoms with van der Waals surface area (Å²) < 4.78 is 0. The van der Waals surface area contributed by atoms with Crippen LogP contribution in [0.3, 0.4) is 0 Å². The molecule has 0 saturated carbocycles. The van der Waals surface area contributed by atoms with E-state index in [0.717, 1.165) is 26.2 Å².